The van der Waals surface area contributed by atoms with Crippen LogP contribution in [0.1, 0.15) is 18.4 Å². The highest BCUT2D eigenvalue weighted by Crippen LogP contribution is 2.23. The molecule has 0 saturated carbocycles. The number of hydrogen-bond acceptors (Lipinski definition) is 3. The molecule has 98 valence electrons. The van der Waals surface area contributed by atoms with Gasteiger partial charge in [0.15, 0.2) is 0 Å². The second-order valence-electron chi connectivity index (χ2n) is 4.66. The van der Waals surface area contributed by atoms with Crippen molar-refractivity contribution in [1.82, 2.24) is 4.90 Å². The Labute approximate surface area is 113 Å². The summed E-state index contributed by atoms with van der Waals surface area (Å²) in [6.45, 7) is 4.23. The molecule has 18 heavy (non-hydrogen) atoms. The van der Waals surface area contributed by atoms with Gasteiger partial charge < -0.3 is 10.6 Å². The van der Waals surface area contributed by atoms with Crippen LogP contribution < -0.4 is 5.73 Å². The first-order chi connectivity index (χ1) is 8.72. The summed E-state index contributed by atoms with van der Waals surface area (Å²) in [5, 5.41) is 0.525. The number of hydrogen-bond donors (Lipinski definition) is 1. The van der Waals surface area contributed by atoms with Crippen LogP contribution in [0, 0.1) is 0 Å². The third kappa shape index (κ3) is 3.06. The number of amides is 1. The van der Waals surface area contributed by atoms with E-state index in [2.05, 4.69) is 6.92 Å². The number of thioether (sulfide) groups is 1. The number of nitrogens with zero attached hydrogens (tertiary/aromatic N) is 1. The molecule has 0 aromatic heterocycles. The summed E-state index contributed by atoms with van der Waals surface area (Å²) >= 11 is 1.93. The van der Waals surface area contributed by atoms with Crippen LogP contribution in [-0.2, 0) is 4.79 Å². The molecule has 1 aliphatic heterocycles. The highest BCUT2D eigenvalue weighted by molar-refractivity contribution is 7.99. The van der Waals surface area contributed by atoms with E-state index in [9.17, 15) is 4.79 Å². The Morgan fingerprint density at radius 1 is 1.50 bits per heavy atom. The second-order valence-corrected chi connectivity index (χ2v) is 6.21. The van der Waals surface area contributed by atoms with Crippen LogP contribution in [0.4, 0.5) is 0 Å². The maximum absolute atomic E-state index is 12.5. The van der Waals surface area contributed by atoms with E-state index in [0.717, 1.165) is 24.4 Å². The van der Waals surface area contributed by atoms with Crippen LogP contribution in [-0.4, -0.2) is 41.4 Å². The molecule has 2 rings (SSSR count). The summed E-state index contributed by atoms with van der Waals surface area (Å²) in [7, 11) is 0. The molecule has 2 N–H and O–H groups in total. The van der Waals surface area contributed by atoms with Crippen LogP contribution in [0.5, 0.6) is 0 Å². The highest BCUT2D eigenvalue weighted by atomic mass is 32.2. The van der Waals surface area contributed by atoms with Crippen molar-refractivity contribution in [2.45, 2.75) is 18.1 Å². The lowest BCUT2D eigenvalue weighted by molar-refractivity contribution is -0.132. The van der Waals surface area contributed by atoms with Crippen molar-refractivity contribution >= 4 is 17.7 Å². The number of carbonyl (C=O) groups is 1. The normalized spacial score (nSPS) is 21.7. The predicted octanol–water partition coefficient (Wildman–Crippen LogP) is 1.69. The zero-order chi connectivity index (χ0) is 13.0. The molecule has 3 nitrogen and oxygen atoms in total. The largest absolute Gasteiger partial charge is 0.340 e. The lowest BCUT2D eigenvalue weighted by atomic mass is 9.97. The van der Waals surface area contributed by atoms with Gasteiger partial charge in [-0.25, -0.2) is 0 Å². The molecule has 1 amide bonds. The van der Waals surface area contributed by atoms with Crippen LogP contribution >= 0.6 is 11.8 Å². The van der Waals surface area contributed by atoms with Crippen molar-refractivity contribution in [1.29, 1.82) is 0 Å². The molecule has 0 bridgehead atoms. The molecule has 1 aliphatic rings. The first kappa shape index (κ1) is 13.4. The van der Waals surface area contributed by atoms with Gasteiger partial charge in [0, 0.05) is 30.6 Å². The number of carbonyl (C=O) groups excluding carboxylic acids is 1. The molecular formula is C14H20N2OS. The molecule has 0 aliphatic carbocycles. The molecular weight excluding hydrogens is 244 g/mol. The molecule has 2 unspecified atom stereocenters. The summed E-state index contributed by atoms with van der Waals surface area (Å²) in [5.41, 5.74) is 6.82. The Bertz CT molecular complexity index is 396. The van der Waals surface area contributed by atoms with E-state index >= 15 is 0 Å². The minimum absolute atomic E-state index is 0.177. The van der Waals surface area contributed by atoms with Gasteiger partial charge in [-0.3, -0.25) is 4.79 Å². The second kappa shape index (κ2) is 6.25. The van der Waals surface area contributed by atoms with Crippen molar-refractivity contribution in [3.8, 4) is 0 Å². The maximum Gasteiger partial charge on any atom is 0.231 e. The lowest BCUT2D eigenvalue weighted by Gasteiger charge is -2.33. The Hall–Kier alpha value is -1.00. The fourth-order valence-electron chi connectivity index (χ4n) is 2.30. The minimum atomic E-state index is -0.193. The Morgan fingerprint density at radius 3 is 2.83 bits per heavy atom. The first-order valence-electron chi connectivity index (χ1n) is 6.37. The van der Waals surface area contributed by atoms with Crippen LogP contribution in [0.15, 0.2) is 30.3 Å². The Kier molecular flexibility index (Phi) is 4.66. The molecule has 0 radical (unpaired) electrons. The fourth-order valence-corrected chi connectivity index (χ4v) is 3.32. The van der Waals surface area contributed by atoms with Gasteiger partial charge in [-0.1, -0.05) is 37.3 Å². The number of nitrogens with two attached hydrogens (primary N) is 1. The molecule has 1 heterocycles. The van der Waals surface area contributed by atoms with E-state index in [1.165, 1.54) is 0 Å². The van der Waals surface area contributed by atoms with Gasteiger partial charge in [0.25, 0.3) is 0 Å². The summed E-state index contributed by atoms with van der Waals surface area (Å²) < 4.78 is 0. The van der Waals surface area contributed by atoms with Gasteiger partial charge in [-0.05, 0) is 5.56 Å². The number of rotatable bonds is 3. The van der Waals surface area contributed by atoms with Crippen molar-refractivity contribution in [2.75, 3.05) is 25.4 Å². The molecule has 1 aromatic carbocycles. The molecule has 4 heteroatoms. The molecule has 1 saturated heterocycles. The summed E-state index contributed by atoms with van der Waals surface area (Å²) in [6, 6.07) is 9.84. The SMILES string of the molecule is CC1CN(C(=O)C(CN)c2ccccc2)CCS1. The van der Waals surface area contributed by atoms with E-state index < -0.39 is 0 Å². The zero-order valence-corrected chi connectivity index (χ0v) is 11.5. The van der Waals surface area contributed by atoms with E-state index in [-0.39, 0.29) is 11.8 Å². The van der Waals surface area contributed by atoms with Gasteiger partial charge >= 0.3 is 0 Å². The van der Waals surface area contributed by atoms with E-state index in [4.69, 9.17) is 5.73 Å². The molecule has 0 spiro atoms. The lowest BCUT2D eigenvalue weighted by Crippen LogP contribution is -2.44. The zero-order valence-electron chi connectivity index (χ0n) is 10.7. The Balaban J connectivity index is 2.10. The van der Waals surface area contributed by atoms with Crippen LogP contribution in [0.2, 0.25) is 0 Å². The first-order valence-corrected chi connectivity index (χ1v) is 7.42. The standard InChI is InChI=1S/C14H20N2OS/c1-11-10-16(7-8-18-11)14(17)13(9-15)12-5-3-2-4-6-12/h2-6,11,13H,7-10,15H2,1H3. The molecule has 2 atom stereocenters. The van der Waals surface area contributed by atoms with Gasteiger partial charge in [0.05, 0.1) is 5.92 Å². The summed E-state index contributed by atoms with van der Waals surface area (Å²) in [5.74, 6) is 1.01. The molecule has 1 fully saturated rings. The monoisotopic (exact) mass is 264 g/mol. The topological polar surface area (TPSA) is 46.3 Å². The van der Waals surface area contributed by atoms with Crippen molar-refractivity contribution < 1.29 is 4.79 Å². The fraction of sp³-hybridized carbons (Fsp3) is 0.500. The smallest absolute Gasteiger partial charge is 0.231 e. The third-order valence-corrected chi connectivity index (χ3v) is 4.42. The predicted molar refractivity (Wildman–Crippen MR) is 76.7 cm³/mol. The van der Waals surface area contributed by atoms with E-state index in [1.54, 1.807) is 0 Å². The average Bonchev–Trinajstić information content (AvgIpc) is 2.41. The number of benzene rings is 1. The van der Waals surface area contributed by atoms with E-state index in [0.29, 0.717) is 11.8 Å². The van der Waals surface area contributed by atoms with Gasteiger partial charge in [-0.2, -0.15) is 11.8 Å². The molecule has 1 aromatic rings. The van der Waals surface area contributed by atoms with Crippen molar-refractivity contribution in [3.05, 3.63) is 35.9 Å². The van der Waals surface area contributed by atoms with Crippen LogP contribution in [0.25, 0.3) is 0 Å². The summed E-state index contributed by atoms with van der Waals surface area (Å²) in [4.78, 5) is 14.5. The van der Waals surface area contributed by atoms with Crippen LogP contribution in [0.3, 0.4) is 0 Å². The quantitative estimate of drug-likeness (QED) is 0.904. The summed E-state index contributed by atoms with van der Waals surface area (Å²) in [6.07, 6.45) is 0. The van der Waals surface area contributed by atoms with Crippen molar-refractivity contribution in [2.24, 2.45) is 5.73 Å². The van der Waals surface area contributed by atoms with E-state index in [1.807, 2.05) is 47.0 Å². The average molecular weight is 264 g/mol. The van der Waals surface area contributed by atoms with Gasteiger partial charge in [0.2, 0.25) is 5.91 Å². The van der Waals surface area contributed by atoms with Gasteiger partial charge in [0.1, 0.15) is 0 Å². The van der Waals surface area contributed by atoms with Crippen molar-refractivity contribution in [3.63, 3.8) is 0 Å². The highest BCUT2D eigenvalue weighted by Gasteiger charge is 2.27. The third-order valence-electron chi connectivity index (χ3n) is 3.29. The maximum atomic E-state index is 12.5. The Morgan fingerprint density at radius 2 is 2.22 bits per heavy atom. The van der Waals surface area contributed by atoms with Gasteiger partial charge in [-0.15, -0.1) is 0 Å². The minimum Gasteiger partial charge on any atom is -0.340 e.